The second kappa shape index (κ2) is 53.0. The summed E-state index contributed by atoms with van der Waals surface area (Å²) in [6, 6.07) is 0. The number of unbranched alkanes of at least 4 members (excludes halogenated alkanes) is 8. The summed E-state index contributed by atoms with van der Waals surface area (Å²) >= 11 is 0. The molecule has 0 amide bonds. The van der Waals surface area contributed by atoms with Gasteiger partial charge < -0.3 is 39.0 Å². The highest BCUT2D eigenvalue weighted by Gasteiger charge is 2.50. The number of aliphatic carboxylic acids is 1. The van der Waals surface area contributed by atoms with Crippen molar-refractivity contribution in [2.75, 3.05) is 13.2 Å². The minimum Gasteiger partial charge on any atom is -0.479 e. The third-order valence-electron chi connectivity index (χ3n) is 12.1. The zero-order valence-electron chi connectivity index (χ0n) is 48.3. The van der Waals surface area contributed by atoms with Gasteiger partial charge >= 0.3 is 23.9 Å². The lowest BCUT2D eigenvalue weighted by Gasteiger charge is -2.40. The topological polar surface area (TPSA) is 175 Å². The fourth-order valence-electron chi connectivity index (χ4n) is 7.73. The van der Waals surface area contributed by atoms with E-state index in [-0.39, 0.29) is 19.3 Å². The number of carboxylic acids is 1. The number of carbonyl (C=O) groups is 4. The first-order valence-corrected chi connectivity index (χ1v) is 29.5. The van der Waals surface area contributed by atoms with E-state index in [1.807, 2.05) is 30.4 Å². The molecule has 1 aliphatic heterocycles. The van der Waals surface area contributed by atoms with E-state index >= 15 is 0 Å². The molecule has 6 atom stereocenters. The number of hydrogen-bond acceptors (Lipinski definition) is 11. The Kier molecular flexibility index (Phi) is 47.9. The van der Waals surface area contributed by atoms with Gasteiger partial charge in [-0.05, 0) is 116 Å². The lowest BCUT2D eigenvalue weighted by Crippen LogP contribution is -2.61. The number of ether oxygens (including phenoxy) is 5. The normalized spacial score (nSPS) is 19.0. The fourth-order valence-corrected chi connectivity index (χ4v) is 7.73. The van der Waals surface area contributed by atoms with Crippen molar-refractivity contribution in [1.82, 2.24) is 0 Å². The maximum absolute atomic E-state index is 13.1. The van der Waals surface area contributed by atoms with Crippen LogP contribution in [0.4, 0.5) is 0 Å². The number of allylic oxidation sites excluding steroid dienone is 25. The van der Waals surface area contributed by atoms with Gasteiger partial charge in [0, 0.05) is 12.8 Å². The summed E-state index contributed by atoms with van der Waals surface area (Å²) in [5.74, 6) is -3.41. The van der Waals surface area contributed by atoms with E-state index in [0.29, 0.717) is 25.7 Å². The van der Waals surface area contributed by atoms with Gasteiger partial charge in [0.15, 0.2) is 24.6 Å². The first-order valence-electron chi connectivity index (χ1n) is 29.5. The van der Waals surface area contributed by atoms with Crippen LogP contribution in [0, 0.1) is 0 Å². The van der Waals surface area contributed by atoms with Crippen LogP contribution in [-0.4, -0.2) is 89.2 Å². The fraction of sp³-hybridized carbons (Fsp3) is 0.552. The van der Waals surface area contributed by atoms with Crippen molar-refractivity contribution in [2.45, 2.75) is 225 Å². The van der Waals surface area contributed by atoms with Gasteiger partial charge in [-0.25, -0.2) is 4.79 Å². The Morgan fingerprint density at radius 1 is 0.430 bits per heavy atom. The number of carboxylic acid groups (broad SMARTS) is 1. The Bertz CT molecular complexity index is 1980. The zero-order valence-corrected chi connectivity index (χ0v) is 48.3. The van der Waals surface area contributed by atoms with Crippen molar-refractivity contribution in [2.24, 2.45) is 0 Å². The minimum absolute atomic E-state index is 0.0234. The van der Waals surface area contributed by atoms with Crippen molar-refractivity contribution in [3.63, 3.8) is 0 Å². The Morgan fingerprint density at radius 3 is 1.25 bits per heavy atom. The number of esters is 3. The van der Waals surface area contributed by atoms with Gasteiger partial charge in [0.1, 0.15) is 18.8 Å². The first kappa shape index (κ1) is 71.4. The monoisotopic (exact) mass is 1100 g/mol. The van der Waals surface area contributed by atoms with E-state index in [1.165, 1.54) is 0 Å². The van der Waals surface area contributed by atoms with Crippen LogP contribution in [0.15, 0.2) is 158 Å². The van der Waals surface area contributed by atoms with Crippen molar-refractivity contribution in [3.8, 4) is 0 Å². The molecule has 1 heterocycles. The average molecular weight is 1100 g/mol. The number of aliphatic hydroxyl groups is 2. The van der Waals surface area contributed by atoms with Crippen LogP contribution in [0.5, 0.6) is 0 Å². The molecule has 12 heteroatoms. The van der Waals surface area contributed by atoms with Gasteiger partial charge in [0.25, 0.3) is 0 Å². The third-order valence-corrected chi connectivity index (χ3v) is 12.1. The van der Waals surface area contributed by atoms with Crippen molar-refractivity contribution >= 4 is 23.9 Å². The number of aliphatic hydroxyl groups excluding tert-OH is 2. The zero-order chi connectivity index (χ0) is 57.5. The van der Waals surface area contributed by atoms with Crippen LogP contribution in [0.1, 0.15) is 188 Å². The first-order chi connectivity index (χ1) is 38.6. The van der Waals surface area contributed by atoms with Gasteiger partial charge in [0.2, 0.25) is 0 Å². The van der Waals surface area contributed by atoms with Crippen LogP contribution in [0.3, 0.4) is 0 Å². The lowest BCUT2D eigenvalue weighted by atomic mass is 9.98. The molecule has 0 aromatic heterocycles. The molecule has 1 rings (SSSR count). The minimum atomic E-state index is -1.94. The molecule has 1 fully saturated rings. The summed E-state index contributed by atoms with van der Waals surface area (Å²) in [7, 11) is 0. The molecule has 0 aromatic rings. The predicted molar refractivity (Wildman–Crippen MR) is 321 cm³/mol. The van der Waals surface area contributed by atoms with E-state index in [1.54, 1.807) is 6.08 Å². The largest absolute Gasteiger partial charge is 0.479 e. The van der Waals surface area contributed by atoms with Crippen molar-refractivity contribution < 1.29 is 58.2 Å². The maximum atomic E-state index is 13.1. The predicted octanol–water partition coefficient (Wildman–Crippen LogP) is 15.3. The smallest absolute Gasteiger partial charge is 0.335 e. The van der Waals surface area contributed by atoms with Gasteiger partial charge in [-0.2, -0.15) is 0 Å². The lowest BCUT2D eigenvalue weighted by molar-refractivity contribution is -0.301. The van der Waals surface area contributed by atoms with E-state index in [4.69, 9.17) is 23.7 Å². The average Bonchev–Trinajstić information content (AvgIpc) is 3.47. The molecule has 1 aliphatic rings. The molecule has 0 aromatic carbocycles. The highest BCUT2D eigenvalue weighted by Crippen LogP contribution is 2.26. The second-order valence-electron chi connectivity index (χ2n) is 19.1. The Hall–Kier alpha value is -5.66. The number of hydrogen-bond donors (Lipinski definition) is 3. The van der Waals surface area contributed by atoms with E-state index in [0.717, 1.165) is 122 Å². The summed E-state index contributed by atoms with van der Waals surface area (Å²) in [6.07, 6.45) is 65.3. The standard InChI is InChI=1S/C67H100O12/c1-4-7-10-13-16-19-22-25-28-30-33-35-38-41-44-47-50-53-59(68)75-56-58(77-60(69)54-51-48-45-42-39-36-32-27-24-21-18-15-12-9-6-3)57-76-67-65(63(72)62(71)64(79-67)66(73)74)78-61(70)55-52-49-46-43-40-37-34-31-29-26-23-20-17-14-11-8-5-2/h7-12,16-21,25-29,32-33,35,39,41-42,44,48,51,58,62-65,67,71-72H,4-6,13-15,22-24,30-31,34,36-38,40,43,45-47,49-50,52-57H2,1-3H3,(H,73,74)/b10-7-,11-8-,12-9-,19-16-,20-17-,21-18-,28-25-,29-26-,32-27-,35-33-,42-39-,44-41-,51-48-. The number of carbonyl (C=O) groups excluding carboxylic acids is 3. The van der Waals surface area contributed by atoms with E-state index in [2.05, 4.69) is 142 Å². The summed E-state index contributed by atoms with van der Waals surface area (Å²) < 4.78 is 28.2. The van der Waals surface area contributed by atoms with Crippen molar-refractivity contribution in [1.29, 1.82) is 0 Å². The summed E-state index contributed by atoms with van der Waals surface area (Å²) in [4.78, 5) is 51.1. The molecule has 3 N–H and O–H groups in total. The Balaban J connectivity index is 2.79. The molecule has 79 heavy (non-hydrogen) atoms. The molecule has 440 valence electrons. The molecule has 0 bridgehead atoms. The molecular weight excluding hydrogens is 997 g/mol. The van der Waals surface area contributed by atoms with Crippen molar-refractivity contribution in [3.05, 3.63) is 158 Å². The van der Waals surface area contributed by atoms with Gasteiger partial charge in [-0.1, -0.05) is 211 Å². The van der Waals surface area contributed by atoms with Crippen LogP contribution >= 0.6 is 0 Å². The molecule has 0 saturated carbocycles. The van der Waals surface area contributed by atoms with E-state index in [9.17, 15) is 34.5 Å². The highest BCUT2D eigenvalue weighted by atomic mass is 16.7. The number of rotatable bonds is 47. The van der Waals surface area contributed by atoms with Gasteiger partial charge in [-0.15, -0.1) is 0 Å². The Morgan fingerprint density at radius 2 is 0.810 bits per heavy atom. The van der Waals surface area contributed by atoms with Gasteiger partial charge in [-0.3, -0.25) is 14.4 Å². The maximum Gasteiger partial charge on any atom is 0.335 e. The molecule has 0 spiro atoms. The Labute approximate surface area is 475 Å². The van der Waals surface area contributed by atoms with Crippen LogP contribution in [0.25, 0.3) is 0 Å². The quantitative estimate of drug-likeness (QED) is 0.0228. The molecule has 1 saturated heterocycles. The van der Waals surface area contributed by atoms with Crippen LogP contribution in [0.2, 0.25) is 0 Å². The summed E-state index contributed by atoms with van der Waals surface area (Å²) in [5.41, 5.74) is 0. The highest BCUT2D eigenvalue weighted by molar-refractivity contribution is 5.74. The van der Waals surface area contributed by atoms with Gasteiger partial charge in [0.05, 0.1) is 13.0 Å². The molecule has 12 nitrogen and oxygen atoms in total. The molecule has 0 aliphatic carbocycles. The van der Waals surface area contributed by atoms with Crippen LogP contribution in [-0.2, 0) is 42.9 Å². The molecule has 6 unspecified atom stereocenters. The van der Waals surface area contributed by atoms with Crippen LogP contribution < -0.4 is 0 Å². The van der Waals surface area contributed by atoms with E-state index < -0.39 is 73.9 Å². The second-order valence-corrected chi connectivity index (χ2v) is 19.1. The summed E-state index contributed by atoms with van der Waals surface area (Å²) in [6.45, 7) is 5.49. The SMILES string of the molecule is CC/C=C\C/C=C\C/C=C\C/C=C\C/C=C\CCCC(=O)OCC(COC1OC(C(=O)O)C(O)C(O)C1OC(=O)CCCCCCCCC/C=C\C/C=C\C/C=C\CC)OC(=O)C/C=C\C/C=C\C/C=C\C/C=C\C/C=C\CC. The third kappa shape index (κ3) is 42.9. The summed E-state index contributed by atoms with van der Waals surface area (Å²) in [5, 5.41) is 31.5. The molecular formula is C67H100O12. The molecule has 0 radical (unpaired) electrons.